The molecule has 1 saturated carbocycles. The monoisotopic (exact) mass is 299 g/mol. The summed E-state index contributed by atoms with van der Waals surface area (Å²) in [7, 11) is 0. The molecular formula is C15H29N3O3. The normalized spacial score (nSPS) is 22.2. The number of nitrogens with zero attached hydrogens (tertiary/aromatic N) is 1. The van der Waals surface area contributed by atoms with Crippen molar-refractivity contribution < 1.29 is 14.7 Å². The summed E-state index contributed by atoms with van der Waals surface area (Å²) in [5.74, 6) is -0.366. The highest BCUT2D eigenvalue weighted by atomic mass is 16.4. The lowest BCUT2D eigenvalue weighted by atomic mass is 9.83. The maximum atomic E-state index is 12.0. The molecule has 1 fully saturated rings. The Morgan fingerprint density at radius 3 is 2.67 bits per heavy atom. The van der Waals surface area contributed by atoms with E-state index in [1.165, 1.54) is 12.8 Å². The van der Waals surface area contributed by atoms with Gasteiger partial charge < -0.3 is 16.2 Å². The summed E-state index contributed by atoms with van der Waals surface area (Å²) in [4.78, 5) is 24.6. The number of amides is 1. The Hall–Kier alpha value is -1.14. The van der Waals surface area contributed by atoms with Gasteiger partial charge in [0.1, 0.15) is 0 Å². The maximum absolute atomic E-state index is 12.0. The van der Waals surface area contributed by atoms with E-state index in [0.717, 1.165) is 19.4 Å². The van der Waals surface area contributed by atoms with Crippen molar-refractivity contribution in [2.45, 2.75) is 51.5 Å². The minimum absolute atomic E-state index is 0.0245. The highest BCUT2D eigenvalue weighted by Gasteiger charge is 2.29. The quantitative estimate of drug-likeness (QED) is 0.548. The van der Waals surface area contributed by atoms with Crippen molar-refractivity contribution in [1.82, 2.24) is 10.2 Å². The zero-order chi connectivity index (χ0) is 15.7. The van der Waals surface area contributed by atoms with E-state index in [1.807, 2.05) is 0 Å². The van der Waals surface area contributed by atoms with Crippen LogP contribution in [0.15, 0.2) is 0 Å². The van der Waals surface area contributed by atoms with E-state index in [2.05, 4.69) is 17.1 Å². The number of hydrogen-bond donors (Lipinski definition) is 3. The third-order valence-corrected chi connectivity index (χ3v) is 4.28. The molecule has 1 amide bonds. The first kappa shape index (κ1) is 17.9. The van der Waals surface area contributed by atoms with Crippen LogP contribution >= 0.6 is 0 Å². The van der Waals surface area contributed by atoms with Gasteiger partial charge in [0.05, 0.1) is 6.54 Å². The summed E-state index contributed by atoms with van der Waals surface area (Å²) in [5.41, 5.74) is 5.86. The zero-order valence-electron chi connectivity index (χ0n) is 13.0. The van der Waals surface area contributed by atoms with Crippen LogP contribution in [0.25, 0.3) is 0 Å². The molecule has 1 rings (SSSR count). The molecule has 6 nitrogen and oxygen atoms in total. The van der Waals surface area contributed by atoms with Crippen molar-refractivity contribution in [1.29, 1.82) is 0 Å². The van der Waals surface area contributed by atoms with Crippen LogP contribution in [-0.2, 0) is 9.59 Å². The molecule has 21 heavy (non-hydrogen) atoms. The number of carbonyl (C=O) groups is 2. The second kappa shape index (κ2) is 9.73. The summed E-state index contributed by atoms with van der Waals surface area (Å²) in [5, 5.41) is 11.4. The van der Waals surface area contributed by atoms with E-state index in [-0.39, 0.29) is 12.3 Å². The van der Waals surface area contributed by atoms with Gasteiger partial charge in [0.25, 0.3) is 0 Å². The third-order valence-electron chi connectivity index (χ3n) is 4.28. The van der Waals surface area contributed by atoms with Crippen molar-refractivity contribution >= 4 is 11.9 Å². The largest absolute Gasteiger partial charge is 0.481 e. The van der Waals surface area contributed by atoms with Gasteiger partial charge in [0, 0.05) is 19.0 Å². The molecule has 0 aromatic heterocycles. The first-order chi connectivity index (χ1) is 10.1. The summed E-state index contributed by atoms with van der Waals surface area (Å²) < 4.78 is 0. The van der Waals surface area contributed by atoms with E-state index in [0.29, 0.717) is 38.0 Å². The molecule has 0 aromatic carbocycles. The van der Waals surface area contributed by atoms with Gasteiger partial charge in [-0.05, 0) is 38.3 Å². The van der Waals surface area contributed by atoms with E-state index in [4.69, 9.17) is 10.8 Å². The average molecular weight is 299 g/mol. The van der Waals surface area contributed by atoms with Crippen LogP contribution in [-0.4, -0.2) is 54.1 Å². The Morgan fingerprint density at radius 2 is 2.05 bits per heavy atom. The van der Waals surface area contributed by atoms with Gasteiger partial charge >= 0.3 is 5.97 Å². The van der Waals surface area contributed by atoms with Crippen molar-refractivity contribution in [3.05, 3.63) is 0 Å². The van der Waals surface area contributed by atoms with Crippen LogP contribution in [0, 0.1) is 5.92 Å². The number of rotatable bonds is 9. The van der Waals surface area contributed by atoms with Crippen molar-refractivity contribution in [3.63, 3.8) is 0 Å². The Kier molecular flexibility index (Phi) is 8.30. The molecule has 0 radical (unpaired) electrons. The fourth-order valence-electron chi connectivity index (χ4n) is 3.12. The Morgan fingerprint density at radius 1 is 1.33 bits per heavy atom. The first-order valence-electron chi connectivity index (χ1n) is 8.01. The van der Waals surface area contributed by atoms with Gasteiger partial charge in [-0.15, -0.1) is 0 Å². The van der Waals surface area contributed by atoms with Crippen LogP contribution < -0.4 is 11.1 Å². The van der Waals surface area contributed by atoms with Crippen molar-refractivity contribution in [2.75, 3.05) is 26.2 Å². The van der Waals surface area contributed by atoms with Gasteiger partial charge in [-0.1, -0.05) is 19.8 Å². The molecule has 4 N–H and O–H groups in total. The zero-order valence-corrected chi connectivity index (χ0v) is 13.0. The predicted octanol–water partition coefficient (Wildman–Crippen LogP) is 0.807. The molecule has 1 aliphatic carbocycles. The molecular weight excluding hydrogens is 270 g/mol. The van der Waals surface area contributed by atoms with E-state index < -0.39 is 5.97 Å². The van der Waals surface area contributed by atoms with Crippen LogP contribution in [0.5, 0.6) is 0 Å². The van der Waals surface area contributed by atoms with Gasteiger partial charge in [-0.3, -0.25) is 14.5 Å². The predicted molar refractivity (Wildman–Crippen MR) is 81.9 cm³/mol. The number of nitrogens with two attached hydrogens (primary N) is 1. The van der Waals surface area contributed by atoms with Crippen LogP contribution in [0.4, 0.5) is 0 Å². The van der Waals surface area contributed by atoms with Crippen molar-refractivity contribution in [2.24, 2.45) is 11.7 Å². The third kappa shape index (κ3) is 6.44. The number of aliphatic carboxylic acids is 1. The summed E-state index contributed by atoms with van der Waals surface area (Å²) in [6.07, 6.45) is 5.27. The molecule has 0 aliphatic heterocycles. The number of likely N-dealkylation sites (N-methyl/N-ethyl adjacent to an activating group) is 1. The summed E-state index contributed by atoms with van der Waals surface area (Å²) in [6, 6.07) is 0.401. The standard InChI is InChI=1S/C15H29N3O3/c1-2-18(13-7-4-3-6-12(13)10-16)11-14(19)17-9-5-8-15(20)21/h12-13H,2-11,16H2,1H3,(H,17,19)(H,20,21). The van der Waals surface area contributed by atoms with E-state index in [9.17, 15) is 9.59 Å². The molecule has 0 saturated heterocycles. The summed E-state index contributed by atoms with van der Waals surface area (Å²) in [6.45, 7) is 4.39. The molecule has 0 bridgehead atoms. The molecule has 2 unspecified atom stereocenters. The summed E-state index contributed by atoms with van der Waals surface area (Å²) >= 11 is 0. The first-order valence-corrected chi connectivity index (χ1v) is 8.01. The topological polar surface area (TPSA) is 95.7 Å². The number of hydrogen-bond acceptors (Lipinski definition) is 4. The Bertz CT molecular complexity index is 336. The highest BCUT2D eigenvalue weighted by molar-refractivity contribution is 5.78. The van der Waals surface area contributed by atoms with Gasteiger partial charge in [-0.2, -0.15) is 0 Å². The fourth-order valence-corrected chi connectivity index (χ4v) is 3.12. The van der Waals surface area contributed by atoms with Crippen LogP contribution in [0.3, 0.4) is 0 Å². The minimum atomic E-state index is -0.826. The lowest BCUT2D eigenvalue weighted by molar-refractivity contribution is -0.137. The Labute approximate surface area is 127 Å². The number of nitrogens with one attached hydrogen (secondary N) is 1. The van der Waals surface area contributed by atoms with Gasteiger partial charge in [-0.25, -0.2) is 0 Å². The second-order valence-corrected chi connectivity index (χ2v) is 5.76. The molecule has 0 spiro atoms. The lowest BCUT2D eigenvalue weighted by Crippen LogP contribution is -2.49. The van der Waals surface area contributed by atoms with Crippen molar-refractivity contribution in [3.8, 4) is 0 Å². The highest BCUT2D eigenvalue weighted by Crippen LogP contribution is 2.27. The molecule has 2 atom stereocenters. The molecule has 0 aromatic rings. The number of carbonyl (C=O) groups excluding carboxylic acids is 1. The SMILES string of the molecule is CCN(CC(=O)NCCCC(=O)O)C1CCCCC1CN. The van der Waals surface area contributed by atoms with Crippen LogP contribution in [0.2, 0.25) is 0 Å². The molecule has 6 heteroatoms. The molecule has 0 heterocycles. The van der Waals surface area contributed by atoms with E-state index >= 15 is 0 Å². The number of carboxylic acid groups (broad SMARTS) is 1. The fraction of sp³-hybridized carbons (Fsp3) is 0.867. The molecule has 1 aliphatic rings. The molecule has 122 valence electrons. The maximum Gasteiger partial charge on any atom is 0.303 e. The van der Waals surface area contributed by atoms with Gasteiger partial charge in [0.2, 0.25) is 5.91 Å². The Balaban J connectivity index is 2.37. The van der Waals surface area contributed by atoms with E-state index in [1.54, 1.807) is 0 Å². The average Bonchev–Trinajstić information content (AvgIpc) is 2.49. The lowest BCUT2D eigenvalue weighted by Gasteiger charge is -2.38. The smallest absolute Gasteiger partial charge is 0.303 e. The minimum Gasteiger partial charge on any atom is -0.481 e. The second-order valence-electron chi connectivity index (χ2n) is 5.76. The van der Waals surface area contributed by atoms with Gasteiger partial charge in [0.15, 0.2) is 0 Å². The van der Waals surface area contributed by atoms with Crippen LogP contribution in [0.1, 0.15) is 45.4 Å². The number of carboxylic acids is 1.